The predicted molar refractivity (Wildman–Crippen MR) is 275 cm³/mol. The molecule has 4 aromatic rings. The summed E-state index contributed by atoms with van der Waals surface area (Å²) in [5, 5.41) is 5.59. The summed E-state index contributed by atoms with van der Waals surface area (Å²) in [6.45, 7) is 15.6. The largest absolute Gasteiger partial charge is 0.464 e. The smallest absolute Gasteiger partial charge is 0.324 e. The molecule has 0 saturated carbocycles. The molecule has 2 N–H and O–H groups in total. The highest BCUT2D eigenvalue weighted by atomic mass is 16.5. The topological polar surface area (TPSA) is 168 Å². The maximum atomic E-state index is 14.8. The summed E-state index contributed by atoms with van der Waals surface area (Å²) in [6, 6.07) is 15.6. The maximum Gasteiger partial charge on any atom is 0.324 e. The number of methoxy groups -OCH3 is 1. The number of ether oxygens (including phenoxy) is 3. The average Bonchev–Trinajstić information content (AvgIpc) is 3.99. The molecule has 6 bridgehead atoms. The van der Waals surface area contributed by atoms with Gasteiger partial charge in [0.25, 0.3) is 11.8 Å². The van der Waals surface area contributed by atoms with E-state index in [2.05, 4.69) is 89.2 Å². The van der Waals surface area contributed by atoms with Gasteiger partial charge < -0.3 is 33.9 Å². The van der Waals surface area contributed by atoms with Gasteiger partial charge in [-0.05, 0) is 105 Å². The number of hydrogen-bond acceptors (Lipinski definition) is 11. The number of aromatic nitrogens is 2. The van der Waals surface area contributed by atoms with E-state index in [9.17, 15) is 24.0 Å². The van der Waals surface area contributed by atoms with Crippen LogP contribution in [0, 0.1) is 29.1 Å². The van der Waals surface area contributed by atoms with Crippen LogP contribution in [0.1, 0.15) is 83.7 Å². The first-order chi connectivity index (χ1) is 34.5. The van der Waals surface area contributed by atoms with Crippen molar-refractivity contribution in [3.63, 3.8) is 0 Å². The zero-order chi connectivity index (χ0) is 51.4. The number of amides is 4. The molecule has 16 nitrogen and oxygen atoms in total. The third kappa shape index (κ3) is 11.2. The molecule has 6 heterocycles. The Morgan fingerprint density at radius 3 is 2.57 bits per heavy atom. The standard InChI is InChI=1S/C56H72N8O8/c1-10-63-47-20-18-39-30-43(47)44(51(63)42-16-12-23-57-49(42)36(4)70-9)31-56(5,6)34-72-55(69)45-17-13-24-64(59-45)54(68)46(29-37-14-11-15-38(39)28-37)58-52(66)50(35(2)3)61(8)53(67)40-22-25-62(32-40)48(65)21-19-41-33-71-27-26-60(41)7/h11-12,14-16,18,20,23,28,30,35-36,40-41,45-46,50,59H,10,13,17,22,24-27,29,31-34H2,1-9H3,(H,58,66)/t36-,40-,41+,45-,46-,50?/m0/s1. The van der Waals surface area contributed by atoms with Crippen molar-refractivity contribution in [2.24, 2.45) is 17.3 Å². The van der Waals surface area contributed by atoms with E-state index in [0.29, 0.717) is 58.5 Å². The van der Waals surface area contributed by atoms with E-state index in [-0.39, 0.29) is 49.5 Å². The number of hydrazine groups is 1. The first-order valence-corrected chi connectivity index (χ1v) is 25.6. The molecule has 0 radical (unpaired) electrons. The van der Waals surface area contributed by atoms with Crippen molar-refractivity contribution >= 4 is 40.5 Å². The summed E-state index contributed by atoms with van der Waals surface area (Å²) >= 11 is 0. The van der Waals surface area contributed by atoms with E-state index in [1.54, 1.807) is 25.3 Å². The lowest BCUT2D eigenvalue weighted by Gasteiger charge is -2.37. The second-order valence-electron chi connectivity index (χ2n) is 21.1. The molecule has 8 rings (SSSR count). The Morgan fingerprint density at radius 2 is 1.82 bits per heavy atom. The number of cyclic esters (lactones) is 1. The minimum Gasteiger partial charge on any atom is -0.464 e. The molecule has 384 valence electrons. The van der Waals surface area contributed by atoms with Crippen LogP contribution in [0.4, 0.5) is 0 Å². The van der Waals surface area contributed by atoms with E-state index < -0.39 is 47.2 Å². The van der Waals surface area contributed by atoms with Gasteiger partial charge in [-0.1, -0.05) is 63.9 Å². The van der Waals surface area contributed by atoms with Crippen molar-refractivity contribution in [2.45, 2.75) is 110 Å². The van der Waals surface area contributed by atoms with E-state index in [1.165, 1.54) is 9.91 Å². The maximum absolute atomic E-state index is 14.8. The lowest BCUT2D eigenvalue weighted by molar-refractivity contribution is -0.155. The van der Waals surface area contributed by atoms with Crippen molar-refractivity contribution in [1.82, 2.24) is 40.0 Å². The molecule has 3 saturated heterocycles. The summed E-state index contributed by atoms with van der Waals surface area (Å²) in [4.78, 5) is 80.8. The number of nitrogens with one attached hydrogen (secondary N) is 2. The number of carbonyl (C=O) groups is 5. The number of pyridine rings is 1. The molecule has 4 amide bonds. The molecular formula is C56H72N8O8. The number of hydrogen-bond donors (Lipinski definition) is 2. The predicted octanol–water partition coefficient (Wildman–Crippen LogP) is 5.41. The van der Waals surface area contributed by atoms with Crippen LogP contribution in [0.15, 0.2) is 60.8 Å². The number of benzene rings is 2. The van der Waals surface area contributed by atoms with Crippen LogP contribution in [0.5, 0.6) is 0 Å². The molecule has 4 aliphatic rings. The van der Waals surface area contributed by atoms with E-state index >= 15 is 0 Å². The van der Waals surface area contributed by atoms with Crippen molar-refractivity contribution in [2.75, 3.05) is 67.2 Å². The number of likely N-dealkylation sites (N-methyl/N-ethyl adjacent to an activating group) is 2. The third-order valence-electron chi connectivity index (χ3n) is 14.9. The second-order valence-corrected chi connectivity index (χ2v) is 21.1. The number of likely N-dealkylation sites (tertiary alicyclic amines) is 1. The van der Waals surface area contributed by atoms with Gasteiger partial charge in [0, 0.05) is 81.4 Å². The van der Waals surface area contributed by atoms with Gasteiger partial charge >= 0.3 is 5.97 Å². The Balaban J connectivity index is 1.11. The Hall–Kier alpha value is -6.12. The normalized spacial score (nSPS) is 22.6. The summed E-state index contributed by atoms with van der Waals surface area (Å²) in [6.07, 6.45) is 3.70. The highest BCUT2D eigenvalue weighted by molar-refractivity contribution is 5.97. The number of rotatable bonds is 9. The van der Waals surface area contributed by atoms with Crippen LogP contribution in [0.3, 0.4) is 0 Å². The number of morpholine rings is 1. The van der Waals surface area contributed by atoms with Crippen LogP contribution in [0.2, 0.25) is 0 Å². The Kier molecular flexibility index (Phi) is 16.2. The fraction of sp³-hybridized carbons (Fsp3) is 0.536. The highest BCUT2D eigenvalue weighted by Crippen LogP contribution is 2.42. The first kappa shape index (κ1) is 52.2. The van der Waals surface area contributed by atoms with Crippen molar-refractivity contribution in [1.29, 1.82) is 0 Å². The van der Waals surface area contributed by atoms with Crippen LogP contribution >= 0.6 is 0 Å². The lowest BCUT2D eigenvalue weighted by atomic mass is 9.84. The number of esters is 1. The summed E-state index contributed by atoms with van der Waals surface area (Å²) in [5.74, 6) is 3.01. The molecule has 6 atom stereocenters. The van der Waals surface area contributed by atoms with Crippen LogP contribution < -0.4 is 10.7 Å². The fourth-order valence-corrected chi connectivity index (χ4v) is 10.8. The lowest BCUT2D eigenvalue weighted by Crippen LogP contribution is -2.62. The van der Waals surface area contributed by atoms with Crippen molar-refractivity contribution < 1.29 is 38.2 Å². The molecule has 3 fully saturated rings. The molecule has 1 unspecified atom stereocenters. The Morgan fingerprint density at radius 1 is 1.03 bits per heavy atom. The SMILES string of the molecule is CCn1c(-c2cccnc2[C@H](C)OC)c2c3cc(ccc31)-c1cccc(c1)C[C@H](NC(=O)C(C(C)C)N(C)C(=O)[C@H]1CCN(C(=O)C#C[C@@H]3COCCN3C)C1)C(=O)N1CCC[C@H](N1)C(=O)OCC(C)(C)C2. The minimum atomic E-state index is -1.07. The minimum absolute atomic E-state index is 0.130. The molecule has 72 heavy (non-hydrogen) atoms. The van der Waals surface area contributed by atoms with Gasteiger partial charge in [0.1, 0.15) is 18.1 Å². The highest BCUT2D eigenvalue weighted by Gasteiger charge is 2.40. The monoisotopic (exact) mass is 985 g/mol. The molecule has 0 spiro atoms. The average molecular weight is 985 g/mol. The molecule has 4 aliphatic heterocycles. The van der Waals surface area contributed by atoms with Gasteiger partial charge in [-0.3, -0.25) is 38.9 Å². The quantitative estimate of drug-likeness (QED) is 0.163. The number of nitrogens with zero attached hydrogens (tertiary/aromatic N) is 6. The number of carbonyl (C=O) groups excluding carboxylic acids is 5. The molecule has 2 aromatic carbocycles. The van der Waals surface area contributed by atoms with Crippen molar-refractivity contribution in [3.8, 4) is 34.2 Å². The van der Waals surface area contributed by atoms with Gasteiger partial charge in [-0.2, -0.15) is 0 Å². The summed E-state index contributed by atoms with van der Waals surface area (Å²) in [7, 11) is 5.25. The number of aryl methyl sites for hydroxylation is 1. The van der Waals surface area contributed by atoms with Crippen molar-refractivity contribution in [3.05, 3.63) is 77.6 Å². The third-order valence-corrected chi connectivity index (χ3v) is 14.9. The number of fused-ring (bicyclic) bond motifs is 6. The van der Waals surface area contributed by atoms with E-state index in [1.807, 2.05) is 46.0 Å². The summed E-state index contributed by atoms with van der Waals surface area (Å²) in [5.41, 5.74) is 10.4. The Bertz CT molecular complexity index is 2740. The van der Waals surface area contributed by atoms with Gasteiger partial charge in [0.15, 0.2) is 0 Å². The summed E-state index contributed by atoms with van der Waals surface area (Å²) < 4.78 is 19.9. The fourth-order valence-electron chi connectivity index (χ4n) is 10.8. The van der Waals surface area contributed by atoms with Gasteiger partial charge in [-0.15, -0.1) is 0 Å². The molecule has 16 heteroatoms. The van der Waals surface area contributed by atoms with E-state index in [0.717, 1.165) is 56.7 Å². The first-order valence-electron chi connectivity index (χ1n) is 25.6. The zero-order valence-electron chi connectivity index (χ0n) is 43.5. The van der Waals surface area contributed by atoms with Crippen LogP contribution in [0.25, 0.3) is 33.3 Å². The zero-order valence-corrected chi connectivity index (χ0v) is 43.5. The molecule has 0 aliphatic carbocycles. The van der Waals surface area contributed by atoms with Gasteiger partial charge in [-0.25, -0.2) is 5.43 Å². The van der Waals surface area contributed by atoms with Gasteiger partial charge in [0.05, 0.1) is 49.3 Å². The van der Waals surface area contributed by atoms with Crippen LogP contribution in [-0.4, -0.2) is 150 Å². The second kappa shape index (κ2) is 22.3. The van der Waals surface area contributed by atoms with E-state index in [4.69, 9.17) is 19.2 Å². The molecule has 2 aromatic heterocycles. The molecular weight excluding hydrogens is 913 g/mol. The Labute approximate surface area is 424 Å². The van der Waals surface area contributed by atoms with Crippen LogP contribution in [-0.2, 0) is 57.6 Å². The van der Waals surface area contributed by atoms with Gasteiger partial charge in [0.2, 0.25) is 11.8 Å².